The minimum atomic E-state index is -0.343. The molecule has 0 aromatic heterocycles. The zero-order valence-corrected chi connectivity index (χ0v) is 13.8. The van der Waals surface area contributed by atoms with E-state index in [4.69, 9.17) is 11.6 Å². The summed E-state index contributed by atoms with van der Waals surface area (Å²) in [4.78, 5) is 12.3. The van der Waals surface area contributed by atoms with Gasteiger partial charge in [-0.3, -0.25) is 4.79 Å². The lowest BCUT2D eigenvalue weighted by molar-refractivity contribution is 0.0869. The van der Waals surface area contributed by atoms with Crippen LogP contribution in [0.25, 0.3) is 0 Å². The highest BCUT2D eigenvalue weighted by Gasteiger charge is 2.35. The lowest BCUT2D eigenvalue weighted by Gasteiger charge is -2.38. The molecule has 0 saturated heterocycles. The maximum atomic E-state index is 12.3. The SMILES string of the molecule is CC1CCC(CCl)(NC(=O)c2ccc(Br)cc2O)CC1. The van der Waals surface area contributed by atoms with E-state index in [2.05, 4.69) is 28.2 Å². The standard InChI is InChI=1S/C15H19BrClNO2/c1-10-4-6-15(9-17,7-5-10)18-14(20)12-3-2-11(16)8-13(12)19/h2-3,8,10,19H,4-7,9H2,1H3,(H,18,20). The second-order valence-corrected chi connectivity index (χ2v) is 6.90. The highest BCUT2D eigenvalue weighted by atomic mass is 79.9. The molecule has 0 atom stereocenters. The minimum absolute atomic E-state index is 0.0224. The number of nitrogens with one attached hydrogen (secondary N) is 1. The largest absolute Gasteiger partial charge is 0.507 e. The van der Waals surface area contributed by atoms with Crippen LogP contribution in [-0.2, 0) is 0 Å². The van der Waals surface area contributed by atoms with E-state index in [1.54, 1.807) is 12.1 Å². The average molecular weight is 361 g/mol. The Morgan fingerprint density at radius 3 is 2.70 bits per heavy atom. The van der Waals surface area contributed by atoms with E-state index < -0.39 is 0 Å². The van der Waals surface area contributed by atoms with E-state index in [0.29, 0.717) is 11.8 Å². The first-order valence-corrected chi connectivity index (χ1v) is 8.15. The molecule has 2 N–H and O–H groups in total. The summed E-state index contributed by atoms with van der Waals surface area (Å²) in [5.41, 5.74) is -0.0543. The Morgan fingerprint density at radius 2 is 2.15 bits per heavy atom. The number of phenols is 1. The molecule has 0 aliphatic heterocycles. The molecule has 0 bridgehead atoms. The Bertz CT molecular complexity index is 499. The third-order valence-corrected chi connectivity index (χ3v) is 5.08. The van der Waals surface area contributed by atoms with Crippen LogP contribution in [0.15, 0.2) is 22.7 Å². The zero-order chi connectivity index (χ0) is 14.8. The quantitative estimate of drug-likeness (QED) is 0.798. The first-order valence-electron chi connectivity index (χ1n) is 6.83. The molecule has 1 aliphatic carbocycles. The predicted molar refractivity (Wildman–Crippen MR) is 84.4 cm³/mol. The van der Waals surface area contributed by atoms with Gasteiger partial charge in [0.2, 0.25) is 0 Å². The van der Waals surface area contributed by atoms with Gasteiger partial charge in [0, 0.05) is 10.4 Å². The van der Waals surface area contributed by atoms with Crippen LogP contribution in [0.2, 0.25) is 0 Å². The third kappa shape index (κ3) is 3.47. The van der Waals surface area contributed by atoms with Crippen molar-refractivity contribution in [1.82, 2.24) is 5.32 Å². The van der Waals surface area contributed by atoms with Crippen LogP contribution >= 0.6 is 27.5 Å². The number of halogens is 2. The molecule has 0 radical (unpaired) electrons. The Labute approximate surface area is 132 Å². The molecule has 1 fully saturated rings. The van der Waals surface area contributed by atoms with Gasteiger partial charge in [0.25, 0.3) is 5.91 Å². The first kappa shape index (κ1) is 15.6. The fraction of sp³-hybridized carbons (Fsp3) is 0.533. The van der Waals surface area contributed by atoms with E-state index in [9.17, 15) is 9.90 Å². The van der Waals surface area contributed by atoms with E-state index in [1.165, 1.54) is 6.07 Å². The number of rotatable bonds is 3. The number of hydrogen-bond acceptors (Lipinski definition) is 2. The highest BCUT2D eigenvalue weighted by molar-refractivity contribution is 9.10. The number of benzene rings is 1. The van der Waals surface area contributed by atoms with Crippen LogP contribution in [0.3, 0.4) is 0 Å². The Kier molecular flexibility index (Phi) is 4.97. The summed E-state index contributed by atoms with van der Waals surface area (Å²) in [5, 5.41) is 12.9. The summed E-state index contributed by atoms with van der Waals surface area (Å²) < 4.78 is 0.741. The van der Waals surface area contributed by atoms with Crippen molar-refractivity contribution in [3.8, 4) is 5.75 Å². The molecule has 0 heterocycles. The van der Waals surface area contributed by atoms with Crippen molar-refractivity contribution < 1.29 is 9.90 Å². The van der Waals surface area contributed by atoms with Crippen LogP contribution in [0.4, 0.5) is 0 Å². The summed E-state index contributed by atoms with van der Waals surface area (Å²) in [6.07, 6.45) is 3.92. The fourth-order valence-electron chi connectivity index (χ4n) is 2.61. The first-order chi connectivity index (χ1) is 9.46. The number of aromatic hydroxyl groups is 1. The molecule has 1 aromatic rings. The topological polar surface area (TPSA) is 49.3 Å². The van der Waals surface area contributed by atoms with E-state index in [0.717, 1.165) is 30.2 Å². The van der Waals surface area contributed by atoms with Crippen LogP contribution < -0.4 is 5.32 Å². The lowest BCUT2D eigenvalue weighted by Crippen LogP contribution is -2.52. The highest BCUT2D eigenvalue weighted by Crippen LogP contribution is 2.33. The van der Waals surface area contributed by atoms with Crippen molar-refractivity contribution in [1.29, 1.82) is 0 Å². The molecule has 110 valence electrons. The van der Waals surface area contributed by atoms with Gasteiger partial charge in [0.15, 0.2) is 0 Å². The minimum Gasteiger partial charge on any atom is -0.507 e. The smallest absolute Gasteiger partial charge is 0.255 e. The molecular formula is C15H19BrClNO2. The van der Waals surface area contributed by atoms with E-state index >= 15 is 0 Å². The second kappa shape index (κ2) is 6.35. The molecule has 1 aliphatic rings. The summed E-state index contributed by atoms with van der Waals surface area (Å²) in [6, 6.07) is 4.87. The number of carbonyl (C=O) groups is 1. The molecule has 1 amide bonds. The van der Waals surface area contributed by atoms with Crippen molar-refractivity contribution in [3.63, 3.8) is 0 Å². The summed E-state index contributed by atoms with van der Waals surface area (Å²) in [6.45, 7) is 2.22. The Morgan fingerprint density at radius 1 is 1.50 bits per heavy atom. The average Bonchev–Trinajstić information content (AvgIpc) is 2.41. The van der Waals surface area contributed by atoms with E-state index in [1.807, 2.05) is 0 Å². The molecule has 5 heteroatoms. The number of alkyl halides is 1. The van der Waals surface area contributed by atoms with E-state index in [-0.39, 0.29) is 22.8 Å². The predicted octanol–water partition coefficient (Wildman–Crippen LogP) is 4.07. The monoisotopic (exact) mass is 359 g/mol. The fourth-order valence-corrected chi connectivity index (χ4v) is 3.29. The van der Waals surface area contributed by atoms with Crippen molar-refractivity contribution in [2.24, 2.45) is 5.92 Å². The van der Waals surface area contributed by atoms with Gasteiger partial charge < -0.3 is 10.4 Å². The third-order valence-electron chi connectivity index (χ3n) is 4.07. The number of carbonyl (C=O) groups excluding carboxylic acids is 1. The zero-order valence-electron chi connectivity index (χ0n) is 11.5. The molecule has 1 saturated carbocycles. The van der Waals surface area contributed by atoms with Crippen molar-refractivity contribution in [2.45, 2.75) is 38.1 Å². The summed E-state index contributed by atoms with van der Waals surface area (Å²) >= 11 is 9.36. The van der Waals surface area contributed by atoms with Gasteiger partial charge in [0.05, 0.1) is 11.1 Å². The van der Waals surface area contributed by atoms with Crippen molar-refractivity contribution >= 4 is 33.4 Å². The van der Waals surface area contributed by atoms with Gasteiger partial charge in [-0.05, 0) is 49.8 Å². The maximum absolute atomic E-state index is 12.3. The normalized spacial score (nSPS) is 26.2. The van der Waals surface area contributed by atoms with Gasteiger partial charge in [-0.2, -0.15) is 0 Å². The molecule has 2 rings (SSSR count). The molecule has 20 heavy (non-hydrogen) atoms. The number of hydrogen-bond donors (Lipinski definition) is 2. The Hall–Kier alpha value is -0.740. The van der Waals surface area contributed by atoms with Gasteiger partial charge in [0.1, 0.15) is 5.75 Å². The lowest BCUT2D eigenvalue weighted by atomic mass is 9.78. The molecule has 0 unspecified atom stereocenters. The summed E-state index contributed by atoms with van der Waals surface area (Å²) in [7, 11) is 0. The second-order valence-electron chi connectivity index (χ2n) is 5.71. The van der Waals surface area contributed by atoms with Crippen molar-refractivity contribution in [3.05, 3.63) is 28.2 Å². The number of amides is 1. The van der Waals surface area contributed by atoms with Crippen LogP contribution in [-0.4, -0.2) is 22.4 Å². The van der Waals surface area contributed by atoms with Gasteiger partial charge in [-0.15, -0.1) is 11.6 Å². The van der Waals surface area contributed by atoms with Crippen LogP contribution in [0.5, 0.6) is 5.75 Å². The molecular weight excluding hydrogens is 342 g/mol. The van der Waals surface area contributed by atoms with Gasteiger partial charge in [-0.1, -0.05) is 22.9 Å². The number of phenolic OH excluding ortho intramolecular Hbond substituents is 1. The maximum Gasteiger partial charge on any atom is 0.255 e. The van der Waals surface area contributed by atoms with Crippen LogP contribution in [0.1, 0.15) is 43.0 Å². The van der Waals surface area contributed by atoms with Crippen LogP contribution in [0, 0.1) is 5.92 Å². The van der Waals surface area contributed by atoms with Gasteiger partial charge in [-0.25, -0.2) is 0 Å². The molecule has 3 nitrogen and oxygen atoms in total. The van der Waals surface area contributed by atoms with Gasteiger partial charge >= 0.3 is 0 Å². The molecule has 1 aromatic carbocycles. The molecule has 0 spiro atoms. The Balaban J connectivity index is 2.13. The van der Waals surface area contributed by atoms with Crippen molar-refractivity contribution in [2.75, 3.05) is 5.88 Å². The summed E-state index contributed by atoms with van der Waals surface area (Å²) in [5.74, 6) is 0.809.